The number of benzene rings is 1. The molecule has 1 atom stereocenters. The lowest BCUT2D eigenvalue weighted by molar-refractivity contribution is -0.274. The summed E-state index contributed by atoms with van der Waals surface area (Å²) < 4.78 is 40.9. The molecule has 0 bridgehead atoms. The normalized spacial score (nSPS) is 23.3. The van der Waals surface area contributed by atoms with Crippen molar-refractivity contribution in [3.63, 3.8) is 0 Å². The fourth-order valence-corrected chi connectivity index (χ4v) is 3.17. The first kappa shape index (κ1) is 15.0. The molecule has 1 aliphatic carbocycles. The van der Waals surface area contributed by atoms with Gasteiger partial charge in [-0.25, -0.2) is 0 Å². The number of halogens is 4. The Bertz CT molecular complexity index is 519. The zero-order valence-corrected chi connectivity index (χ0v) is 12.9. The maximum Gasteiger partial charge on any atom is 0.573 e. The van der Waals surface area contributed by atoms with Gasteiger partial charge in [0.05, 0.1) is 4.47 Å². The number of alkyl halides is 3. The molecule has 3 nitrogen and oxygen atoms in total. The van der Waals surface area contributed by atoms with Crippen molar-refractivity contribution >= 4 is 21.6 Å². The quantitative estimate of drug-likeness (QED) is 0.873. The molecular weight excluding hydrogens is 349 g/mol. The van der Waals surface area contributed by atoms with Crippen LogP contribution >= 0.6 is 15.9 Å². The Morgan fingerprint density at radius 2 is 2.00 bits per heavy atom. The highest BCUT2D eigenvalue weighted by Gasteiger charge is 2.34. The number of hydrogen-bond donors (Lipinski definition) is 1. The number of rotatable bonds is 4. The minimum absolute atomic E-state index is 0.223. The number of anilines is 1. The van der Waals surface area contributed by atoms with Crippen molar-refractivity contribution < 1.29 is 17.9 Å². The van der Waals surface area contributed by atoms with Crippen molar-refractivity contribution in [2.45, 2.75) is 37.7 Å². The third-order valence-corrected chi connectivity index (χ3v) is 4.43. The summed E-state index contributed by atoms with van der Waals surface area (Å²) in [5, 5.41) is 3.38. The molecule has 1 saturated carbocycles. The summed E-state index contributed by atoms with van der Waals surface area (Å²) in [7, 11) is 0. The van der Waals surface area contributed by atoms with E-state index in [1.165, 1.54) is 18.9 Å². The van der Waals surface area contributed by atoms with E-state index >= 15 is 0 Å². The van der Waals surface area contributed by atoms with E-state index in [4.69, 9.17) is 0 Å². The summed E-state index contributed by atoms with van der Waals surface area (Å²) in [5.41, 5.74) is 0.805. The van der Waals surface area contributed by atoms with Crippen molar-refractivity contribution in [1.29, 1.82) is 0 Å². The van der Waals surface area contributed by atoms with Crippen molar-refractivity contribution in [3.05, 3.63) is 22.7 Å². The van der Waals surface area contributed by atoms with Crippen LogP contribution in [0.2, 0.25) is 0 Å². The van der Waals surface area contributed by atoms with Gasteiger partial charge in [0.25, 0.3) is 0 Å². The Hall–Kier alpha value is -0.950. The van der Waals surface area contributed by atoms with Gasteiger partial charge < -0.3 is 10.1 Å². The van der Waals surface area contributed by atoms with E-state index in [-0.39, 0.29) is 5.75 Å². The van der Waals surface area contributed by atoms with Gasteiger partial charge in [0, 0.05) is 30.9 Å². The summed E-state index contributed by atoms with van der Waals surface area (Å²) >= 11 is 3.12. The highest BCUT2D eigenvalue weighted by atomic mass is 79.9. The van der Waals surface area contributed by atoms with E-state index in [1.807, 2.05) is 0 Å². The lowest BCUT2D eigenvalue weighted by atomic mass is 10.2. The number of likely N-dealkylation sites (tertiary alicyclic amines) is 1. The van der Waals surface area contributed by atoms with Crippen LogP contribution in [0.5, 0.6) is 5.75 Å². The summed E-state index contributed by atoms with van der Waals surface area (Å²) in [6, 6.07) is 5.68. The second-order valence-electron chi connectivity index (χ2n) is 5.55. The molecule has 7 heteroatoms. The smallest absolute Gasteiger partial charge is 0.405 e. The monoisotopic (exact) mass is 364 g/mol. The first-order chi connectivity index (χ1) is 9.90. The molecule has 1 aromatic carbocycles. The fraction of sp³-hybridized carbons (Fsp3) is 0.571. The number of nitrogens with zero attached hydrogens (tertiary/aromatic N) is 1. The Kier molecular flexibility index (Phi) is 4.05. The predicted molar refractivity (Wildman–Crippen MR) is 77.4 cm³/mol. The van der Waals surface area contributed by atoms with E-state index in [2.05, 4.69) is 30.9 Å². The Labute approximate surface area is 129 Å². The van der Waals surface area contributed by atoms with E-state index in [0.717, 1.165) is 31.2 Å². The van der Waals surface area contributed by atoms with Gasteiger partial charge in [-0.3, -0.25) is 4.90 Å². The van der Waals surface area contributed by atoms with Gasteiger partial charge in [-0.05, 0) is 53.4 Å². The SMILES string of the molecule is FC(F)(F)Oc1ccc(NC2CCN(C3CC3)C2)cc1Br. The molecule has 2 fully saturated rings. The van der Waals surface area contributed by atoms with Crippen LogP contribution in [0.4, 0.5) is 18.9 Å². The van der Waals surface area contributed by atoms with Gasteiger partial charge in [0.1, 0.15) is 5.75 Å². The van der Waals surface area contributed by atoms with Crippen LogP contribution < -0.4 is 10.1 Å². The maximum atomic E-state index is 12.2. The molecule has 1 aliphatic heterocycles. The third kappa shape index (κ3) is 4.03. The molecule has 0 spiro atoms. The average molecular weight is 365 g/mol. The molecular formula is C14H16BrF3N2O. The van der Waals surface area contributed by atoms with Gasteiger partial charge in [0.15, 0.2) is 0 Å². The van der Waals surface area contributed by atoms with Crippen LogP contribution in [-0.2, 0) is 0 Å². The highest BCUT2D eigenvalue weighted by Crippen LogP contribution is 2.34. The van der Waals surface area contributed by atoms with Crippen LogP contribution in [0.15, 0.2) is 22.7 Å². The maximum absolute atomic E-state index is 12.2. The molecule has 0 amide bonds. The largest absolute Gasteiger partial charge is 0.573 e. The molecule has 0 radical (unpaired) electrons. The molecule has 1 aromatic rings. The Balaban J connectivity index is 1.60. The second kappa shape index (κ2) is 5.68. The first-order valence-corrected chi connectivity index (χ1v) is 7.76. The molecule has 1 unspecified atom stereocenters. The average Bonchev–Trinajstić information content (AvgIpc) is 3.13. The van der Waals surface area contributed by atoms with Gasteiger partial charge in [-0.2, -0.15) is 0 Å². The molecule has 1 heterocycles. The second-order valence-corrected chi connectivity index (χ2v) is 6.40. The zero-order chi connectivity index (χ0) is 15.0. The summed E-state index contributed by atoms with van der Waals surface area (Å²) in [5.74, 6) is -0.223. The van der Waals surface area contributed by atoms with Crippen molar-refractivity contribution in [3.8, 4) is 5.75 Å². The minimum atomic E-state index is -4.67. The predicted octanol–water partition coefficient (Wildman–Crippen LogP) is 4.00. The summed E-state index contributed by atoms with van der Waals surface area (Å²) in [6.45, 7) is 2.10. The van der Waals surface area contributed by atoms with Gasteiger partial charge in [0.2, 0.25) is 0 Å². The van der Waals surface area contributed by atoms with Crippen LogP contribution in [0, 0.1) is 0 Å². The van der Waals surface area contributed by atoms with Crippen LogP contribution in [0.3, 0.4) is 0 Å². The van der Waals surface area contributed by atoms with E-state index in [9.17, 15) is 13.2 Å². The molecule has 1 N–H and O–H groups in total. The van der Waals surface area contributed by atoms with Crippen LogP contribution in [-0.4, -0.2) is 36.4 Å². The summed E-state index contributed by atoms with van der Waals surface area (Å²) in [4.78, 5) is 2.48. The molecule has 0 aromatic heterocycles. The lowest BCUT2D eigenvalue weighted by Gasteiger charge is -2.17. The lowest BCUT2D eigenvalue weighted by Crippen LogP contribution is -2.27. The van der Waals surface area contributed by atoms with Crippen molar-refractivity contribution in [2.75, 3.05) is 18.4 Å². The molecule has 1 saturated heterocycles. The van der Waals surface area contributed by atoms with E-state index in [0.29, 0.717) is 10.5 Å². The summed E-state index contributed by atoms with van der Waals surface area (Å²) in [6.07, 6.45) is -1.02. The molecule has 116 valence electrons. The Morgan fingerprint density at radius 3 is 2.62 bits per heavy atom. The van der Waals surface area contributed by atoms with Gasteiger partial charge in [-0.15, -0.1) is 13.2 Å². The van der Waals surface area contributed by atoms with Crippen LogP contribution in [0.1, 0.15) is 19.3 Å². The van der Waals surface area contributed by atoms with Crippen LogP contribution in [0.25, 0.3) is 0 Å². The number of nitrogens with one attached hydrogen (secondary N) is 1. The Morgan fingerprint density at radius 1 is 1.24 bits per heavy atom. The molecule has 3 rings (SSSR count). The fourth-order valence-electron chi connectivity index (χ4n) is 2.71. The highest BCUT2D eigenvalue weighted by molar-refractivity contribution is 9.10. The standard InChI is InChI=1S/C14H16BrF3N2O/c15-12-7-9(1-4-13(12)21-14(16,17)18)19-10-5-6-20(8-10)11-2-3-11/h1,4,7,10-11,19H,2-3,5-6,8H2. The van der Waals surface area contributed by atoms with Crippen molar-refractivity contribution in [2.24, 2.45) is 0 Å². The minimum Gasteiger partial charge on any atom is -0.405 e. The van der Waals surface area contributed by atoms with E-state index < -0.39 is 6.36 Å². The van der Waals surface area contributed by atoms with Crippen molar-refractivity contribution in [1.82, 2.24) is 4.90 Å². The third-order valence-electron chi connectivity index (χ3n) is 3.81. The van der Waals surface area contributed by atoms with E-state index in [1.54, 1.807) is 12.1 Å². The number of hydrogen-bond acceptors (Lipinski definition) is 3. The topological polar surface area (TPSA) is 24.5 Å². The zero-order valence-electron chi connectivity index (χ0n) is 11.3. The van der Waals surface area contributed by atoms with Gasteiger partial charge >= 0.3 is 6.36 Å². The molecule has 2 aliphatic rings. The number of ether oxygens (including phenoxy) is 1. The van der Waals surface area contributed by atoms with Gasteiger partial charge in [-0.1, -0.05) is 0 Å². The first-order valence-electron chi connectivity index (χ1n) is 6.96. The molecule has 21 heavy (non-hydrogen) atoms.